The first kappa shape index (κ1) is 35.5. The molecule has 0 radical (unpaired) electrons. The highest BCUT2D eigenvalue weighted by molar-refractivity contribution is 5.95. The largest absolute Gasteiger partial charge is 0.457 e. The highest BCUT2D eigenvalue weighted by Gasteiger charge is 2.15. The molecule has 0 aromatic heterocycles. The number of ether oxygens (including phenoxy) is 5. The van der Waals surface area contributed by atoms with Crippen LogP contribution >= 0.6 is 0 Å². The summed E-state index contributed by atoms with van der Waals surface area (Å²) in [5, 5.41) is 0. The molecule has 0 spiro atoms. The zero-order chi connectivity index (χ0) is 37.0. The van der Waals surface area contributed by atoms with Gasteiger partial charge in [0, 0.05) is 0 Å². The van der Waals surface area contributed by atoms with Crippen molar-refractivity contribution in [3.8, 4) is 17.2 Å². The summed E-state index contributed by atoms with van der Waals surface area (Å²) in [5.74, 6) is -2.38. The average molecular weight is 707 g/mol. The molecule has 0 aliphatic carbocycles. The van der Waals surface area contributed by atoms with Crippen LogP contribution in [0.25, 0.3) is 0 Å². The minimum absolute atomic E-state index is 0.132. The second-order valence-corrected chi connectivity index (χ2v) is 11.4. The van der Waals surface area contributed by atoms with Crippen LogP contribution in [0.4, 0.5) is 0 Å². The Morgan fingerprint density at radius 2 is 0.547 bits per heavy atom. The molecule has 6 aromatic carbocycles. The maximum Gasteiger partial charge on any atom is 0.343 e. The van der Waals surface area contributed by atoms with Crippen molar-refractivity contribution in [3.63, 3.8) is 0 Å². The molecule has 53 heavy (non-hydrogen) atoms. The van der Waals surface area contributed by atoms with Crippen LogP contribution in [-0.4, -0.2) is 29.8 Å². The van der Waals surface area contributed by atoms with E-state index in [1.54, 1.807) is 0 Å². The van der Waals surface area contributed by atoms with Crippen molar-refractivity contribution in [2.45, 2.75) is 13.2 Å². The molecule has 10 heteroatoms. The molecular weight excluding hydrogens is 676 g/mol. The van der Waals surface area contributed by atoms with E-state index in [0.717, 1.165) is 11.1 Å². The van der Waals surface area contributed by atoms with Gasteiger partial charge in [0.15, 0.2) is 0 Å². The van der Waals surface area contributed by atoms with Gasteiger partial charge in [-0.3, -0.25) is 0 Å². The number of carbonyl (C=O) groups excluding carboxylic acids is 5. The summed E-state index contributed by atoms with van der Waals surface area (Å²) < 4.78 is 26.9. The number of rotatable bonds is 12. The van der Waals surface area contributed by atoms with E-state index >= 15 is 0 Å². The first-order valence-electron chi connectivity index (χ1n) is 16.3. The van der Waals surface area contributed by atoms with E-state index in [9.17, 15) is 24.0 Å². The van der Waals surface area contributed by atoms with Crippen molar-refractivity contribution in [1.82, 2.24) is 0 Å². The van der Waals surface area contributed by atoms with E-state index < -0.39 is 29.8 Å². The highest BCUT2D eigenvalue weighted by Crippen LogP contribution is 2.22. The fourth-order valence-corrected chi connectivity index (χ4v) is 4.83. The summed E-state index contributed by atoms with van der Waals surface area (Å²) in [7, 11) is 0. The topological polar surface area (TPSA) is 132 Å². The van der Waals surface area contributed by atoms with E-state index in [0.29, 0.717) is 11.1 Å². The van der Waals surface area contributed by atoms with Gasteiger partial charge >= 0.3 is 29.8 Å². The molecule has 6 aromatic rings. The molecule has 0 heterocycles. The summed E-state index contributed by atoms with van der Waals surface area (Å²) in [6.45, 7) is 0.265. The first-order chi connectivity index (χ1) is 25.8. The van der Waals surface area contributed by atoms with Gasteiger partial charge in [-0.1, -0.05) is 60.7 Å². The fraction of sp³-hybridized carbons (Fsp3) is 0.0465. The third-order valence-electron chi connectivity index (χ3n) is 7.68. The van der Waals surface area contributed by atoms with Gasteiger partial charge in [-0.05, 0) is 108 Å². The third kappa shape index (κ3) is 9.89. The number of carbonyl (C=O) groups is 5. The van der Waals surface area contributed by atoms with Crippen molar-refractivity contribution >= 4 is 29.8 Å². The number of hydrogen-bond acceptors (Lipinski definition) is 10. The second-order valence-electron chi connectivity index (χ2n) is 11.4. The average Bonchev–Trinajstić information content (AvgIpc) is 3.21. The SMILES string of the molecule is O=C(OCc1ccccc1)c1ccc(C(=O)Oc2ccc(OC(=O)c3ccc(OC(=O)c4ccc(C(=O)OCc5ccccc5)cc4)cc3)cc2)cc1. The lowest BCUT2D eigenvalue weighted by Crippen LogP contribution is -2.11. The van der Waals surface area contributed by atoms with Crippen molar-refractivity contribution < 1.29 is 47.7 Å². The van der Waals surface area contributed by atoms with Crippen LogP contribution in [-0.2, 0) is 22.7 Å². The summed E-state index contributed by atoms with van der Waals surface area (Å²) in [5.41, 5.74) is 2.95. The quantitative estimate of drug-likeness (QED) is 0.0910. The first-order valence-corrected chi connectivity index (χ1v) is 16.3. The molecule has 0 atom stereocenters. The monoisotopic (exact) mass is 706 g/mol. The molecule has 0 fully saturated rings. The Morgan fingerprint density at radius 3 is 0.849 bits per heavy atom. The Bertz CT molecular complexity index is 2200. The molecule has 0 saturated heterocycles. The zero-order valence-corrected chi connectivity index (χ0v) is 28.0. The van der Waals surface area contributed by atoms with E-state index in [2.05, 4.69) is 0 Å². The van der Waals surface area contributed by atoms with E-state index in [-0.39, 0.29) is 47.2 Å². The second kappa shape index (κ2) is 17.1. The summed E-state index contributed by atoms with van der Waals surface area (Å²) >= 11 is 0. The molecule has 262 valence electrons. The van der Waals surface area contributed by atoms with E-state index in [1.165, 1.54) is 97.1 Å². The molecule has 0 N–H and O–H groups in total. The fourth-order valence-electron chi connectivity index (χ4n) is 4.83. The molecule has 0 bridgehead atoms. The van der Waals surface area contributed by atoms with Crippen LogP contribution in [0.15, 0.2) is 158 Å². The van der Waals surface area contributed by atoms with Crippen molar-refractivity contribution in [2.24, 2.45) is 0 Å². The van der Waals surface area contributed by atoms with Crippen LogP contribution in [0.5, 0.6) is 17.2 Å². The highest BCUT2D eigenvalue weighted by atomic mass is 16.6. The van der Waals surface area contributed by atoms with E-state index in [1.807, 2.05) is 60.7 Å². The van der Waals surface area contributed by atoms with Gasteiger partial charge in [0.25, 0.3) is 0 Å². The lowest BCUT2D eigenvalue weighted by atomic mass is 10.1. The summed E-state index contributed by atoms with van der Waals surface area (Å²) in [6, 6.07) is 42.0. The maximum atomic E-state index is 12.7. The zero-order valence-electron chi connectivity index (χ0n) is 28.0. The maximum absolute atomic E-state index is 12.7. The number of benzene rings is 6. The minimum Gasteiger partial charge on any atom is -0.457 e. The standard InChI is InChI=1S/C43H30O10/c44-39(49-27-29-7-3-1-4-8-29)31-11-15-33(16-12-31)41(46)51-36-21-19-35(20-22-36)43(48)53-38-25-23-37(24-26-38)52-42(47)34-17-13-32(14-18-34)40(45)50-28-30-9-5-2-6-10-30/h1-26H,27-28H2. The summed E-state index contributed by atoms with van der Waals surface area (Å²) in [4.78, 5) is 62.8. The lowest BCUT2D eigenvalue weighted by Gasteiger charge is -2.09. The predicted molar refractivity (Wildman–Crippen MR) is 192 cm³/mol. The Hall–Kier alpha value is -7.33. The molecule has 0 unspecified atom stereocenters. The number of hydrogen-bond donors (Lipinski definition) is 0. The normalized spacial score (nSPS) is 10.4. The van der Waals surface area contributed by atoms with Gasteiger partial charge in [-0.2, -0.15) is 0 Å². The minimum atomic E-state index is -0.662. The Morgan fingerprint density at radius 1 is 0.302 bits per heavy atom. The van der Waals surface area contributed by atoms with Gasteiger partial charge < -0.3 is 23.7 Å². The van der Waals surface area contributed by atoms with Crippen molar-refractivity contribution in [2.75, 3.05) is 0 Å². The van der Waals surface area contributed by atoms with Crippen LogP contribution in [0.1, 0.15) is 62.9 Å². The third-order valence-corrected chi connectivity index (χ3v) is 7.68. The Kier molecular flexibility index (Phi) is 11.4. The molecule has 0 saturated carbocycles. The predicted octanol–water partition coefficient (Wildman–Crippen LogP) is 8.06. The van der Waals surface area contributed by atoms with Crippen LogP contribution in [0, 0.1) is 0 Å². The lowest BCUT2D eigenvalue weighted by molar-refractivity contribution is 0.0464. The van der Waals surface area contributed by atoms with Gasteiger partial charge in [0.05, 0.1) is 27.8 Å². The molecule has 6 rings (SSSR count). The molecular formula is C43H30O10. The Balaban J connectivity index is 0.949. The molecule has 0 amide bonds. The molecule has 10 nitrogen and oxygen atoms in total. The Labute approximate surface area is 304 Å². The van der Waals surface area contributed by atoms with Gasteiger partial charge in [-0.25, -0.2) is 24.0 Å². The smallest absolute Gasteiger partial charge is 0.343 e. The van der Waals surface area contributed by atoms with Crippen LogP contribution in [0.3, 0.4) is 0 Å². The van der Waals surface area contributed by atoms with Crippen molar-refractivity contribution in [3.05, 3.63) is 197 Å². The number of esters is 5. The van der Waals surface area contributed by atoms with E-state index in [4.69, 9.17) is 23.7 Å². The van der Waals surface area contributed by atoms with Gasteiger partial charge in [-0.15, -0.1) is 0 Å². The van der Waals surface area contributed by atoms with Crippen LogP contribution < -0.4 is 14.2 Å². The van der Waals surface area contributed by atoms with Crippen LogP contribution in [0.2, 0.25) is 0 Å². The van der Waals surface area contributed by atoms with Gasteiger partial charge in [0.1, 0.15) is 30.5 Å². The summed E-state index contributed by atoms with van der Waals surface area (Å²) in [6.07, 6.45) is 0. The van der Waals surface area contributed by atoms with Crippen molar-refractivity contribution in [1.29, 1.82) is 0 Å². The molecule has 0 aliphatic rings. The molecule has 0 aliphatic heterocycles. The van der Waals surface area contributed by atoms with Gasteiger partial charge in [0.2, 0.25) is 0 Å².